The number of hydrogen-bond donors (Lipinski definition) is 0. The molecule has 104 valence electrons. The van der Waals surface area contributed by atoms with Crippen LogP contribution in [0, 0.1) is 5.92 Å². The van der Waals surface area contributed by atoms with Crippen LogP contribution in [-0.2, 0) is 0 Å². The summed E-state index contributed by atoms with van der Waals surface area (Å²) in [6.45, 7) is 1.21. The Morgan fingerprint density at radius 2 is 2.28 bits per heavy atom. The first-order chi connectivity index (χ1) is 7.79. The standard InChI is InChI=1S/C12H17FN2O.2ClH/c1-15-8-10(6-13)5-11(15)9-16-12-3-2-4-14-7-12;;/h2-4,7,10-11H,5-6,8-9H2,1H3;2*1H. The number of likely N-dealkylation sites (tertiary alicyclic amines) is 1. The van der Waals surface area contributed by atoms with Gasteiger partial charge in [-0.15, -0.1) is 24.8 Å². The molecule has 1 fully saturated rings. The monoisotopic (exact) mass is 296 g/mol. The second-order valence-corrected chi connectivity index (χ2v) is 4.35. The third-order valence-corrected chi connectivity index (χ3v) is 3.07. The molecule has 0 amide bonds. The molecule has 0 aliphatic carbocycles. The first-order valence-electron chi connectivity index (χ1n) is 5.58. The summed E-state index contributed by atoms with van der Waals surface area (Å²) in [4.78, 5) is 6.15. The highest BCUT2D eigenvalue weighted by Crippen LogP contribution is 2.22. The molecule has 3 nitrogen and oxygen atoms in total. The Hall–Kier alpha value is -0.580. The van der Waals surface area contributed by atoms with E-state index in [2.05, 4.69) is 9.88 Å². The lowest BCUT2D eigenvalue weighted by atomic mass is 10.1. The van der Waals surface area contributed by atoms with Crippen molar-refractivity contribution in [1.29, 1.82) is 0 Å². The number of likely N-dealkylation sites (N-methyl/N-ethyl adjacent to an activating group) is 1. The van der Waals surface area contributed by atoms with E-state index in [0.717, 1.165) is 18.7 Å². The van der Waals surface area contributed by atoms with Gasteiger partial charge in [0.15, 0.2) is 0 Å². The van der Waals surface area contributed by atoms with Gasteiger partial charge in [0.2, 0.25) is 0 Å². The van der Waals surface area contributed by atoms with Crippen LogP contribution in [0.5, 0.6) is 5.75 Å². The molecule has 0 spiro atoms. The van der Waals surface area contributed by atoms with Crippen LogP contribution in [0.1, 0.15) is 6.42 Å². The lowest BCUT2D eigenvalue weighted by Gasteiger charge is -2.19. The number of nitrogens with zero attached hydrogens (tertiary/aromatic N) is 2. The van der Waals surface area contributed by atoms with E-state index in [4.69, 9.17) is 4.74 Å². The maximum Gasteiger partial charge on any atom is 0.137 e. The number of aromatic nitrogens is 1. The normalized spacial score (nSPS) is 23.0. The summed E-state index contributed by atoms with van der Waals surface area (Å²) in [6.07, 6.45) is 4.29. The molecule has 0 N–H and O–H groups in total. The molecule has 6 heteroatoms. The van der Waals surface area contributed by atoms with E-state index in [9.17, 15) is 4.39 Å². The van der Waals surface area contributed by atoms with Crippen molar-refractivity contribution in [3.05, 3.63) is 24.5 Å². The van der Waals surface area contributed by atoms with Crippen LogP contribution in [0.25, 0.3) is 0 Å². The number of pyridine rings is 1. The first-order valence-corrected chi connectivity index (χ1v) is 5.58. The van der Waals surface area contributed by atoms with Gasteiger partial charge >= 0.3 is 0 Å². The van der Waals surface area contributed by atoms with Gasteiger partial charge in [0.25, 0.3) is 0 Å². The summed E-state index contributed by atoms with van der Waals surface area (Å²) in [5, 5.41) is 0. The SMILES string of the molecule is CN1CC(CF)CC1COc1cccnc1.Cl.Cl. The van der Waals surface area contributed by atoms with Gasteiger partial charge in [0, 0.05) is 24.7 Å². The molecule has 1 aromatic heterocycles. The lowest BCUT2D eigenvalue weighted by Crippen LogP contribution is -2.30. The Morgan fingerprint density at radius 3 is 2.83 bits per heavy atom. The smallest absolute Gasteiger partial charge is 0.137 e. The number of halogens is 3. The van der Waals surface area contributed by atoms with E-state index in [-0.39, 0.29) is 37.4 Å². The molecule has 0 saturated carbocycles. The van der Waals surface area contributed by atoms with Crippen LogP contribution < -0.4 is 4.74 Å². The van der Waals surface area contributed by atoms with E-state index in [0.29, 0.717) is 12.6 Å². The highest BCUT2D eigenvalue weighted by atomic mass is 35.5. The summed E-state index contributed by atoms with van der Waals surface area (Å²) < 4.78 is 18.2. The average molecular weight is 297 g/mol. The molecule has 1 aliphatic heterocycles. The average Bonchev–Trinajstić information content (AvgIpc) is 2.69. The van der Waals surface area contributed by atoms with Gasteiger partial charge in [-0.1, -0.05) is 0 Å². The van der Waals surface area contributed by atoms with Gasteiger partial charge in [-0.05, 0) is 25.6 Å². The van der Waals surface area contributed by atoms with Crippen LogP contribution in [0.2, 0.25) is 0 Å². The van der Waals surface area contributed by atoms with E-state index < -0.39 is 0 Å². The van der Waals surface area contributed by atoms with Crippen molar-refractivity contribution >= 4 is 24.8 Å². The lowest BCUT2D eigenvalue weighted by molar-refractivity contribution is 0.198. The molecule has 0 bridgehead atoms. The maximum atomic E-state index is 12.5. The molecule has 1 aliphatic rings. The minimum absolute atomic E-state index is 0. The topological polar surface area (TPSA) is 25.4 Å². The summed E-state index contributed by atoms with van der Waals surface area (Å²) in [5.74, 6) is 0.951. The second-order valence-electron chi connectivity index (χ2n) is 4.35. The molecule has 0 radical (unpaired) electrons. The third-order valence-electron chi connectivity index (χ3n) is 3.07. The quantitative estimate of drug-likeness (QED) is 0.854. The highest BCUT2D eigenvalue weighted by molar-refractivity contribution is 5.85. The van der Waals surface area contributed by atoms with Gasteiger partial charge in [-0.2, -0.15) is 0 Å². The van der Waals surface area contributed by atoms with Gasteiger partial charge in [0.1, 0.15) is 12.4 Å². The Kier molecular flexibility index (Phi) is 8.24. The van der Waals surface area contributed by atoms with Gasteiger partial charge in [-0.25, -0.2) is 0 Å². The molecule has 2 atom stereocenters. The summed E-state index contributed by atoms with van der Waals surface area (Å²) in [7, 11) is 2.02. The maximum absolute atomic E-state index is 12.5. The summed E-state index contributed by atoms with van der Waals surface area (Å²) in [6, 6.07) is 4.05. The van der Waals surface area contributed by atoms with Crippen molar-refractivity contribution < 1.29 is 9.13 Å². The molecular weight excluding hydrogens is 278 g/mol. The molecule has 18 heavy (non-hydrogen) atoms. The number of ether oxygens (including phenoxy) is 1. The molecule has 2 rings (SSSR count). The Bertz CT molecular complexity index is 329. The fraction of sp³-hybridized carbons (Fsp3) is 0.583. The molecule has 2 heterocycles. The van der Waals surface area contributed by atoms with Gasteiger partial charge < -0.3 is 4.74 Å². The molecular formula is C12H19Cl2FN2O. The Balaban J connectivity index is 0.00000144. The predicted octanol–water partition coefficient (Wildman–Crippen LogP) is 2.59. The zero-order valence-corrected chi connectivity index (χ0v) is 11.9. The van der Waals surface area contributed by atoms with Crippen molar-refractivity contribution in [2.75, 3.05) is 26.9 Å². The van der Waals surface area contributed by atoms with Crippen LogP contribution in [-0.4, -0.2) is 42.8 Å². The van der Waals surface area contributed by atoms with Crippen LogP contribution >= 0.6 is 24.8 Å². The van der Waals surface area contributed by atoms with Gasteiger partial charge in [0.05, 0.1) is 12.9 Å². The third kappa shape index (κ3) is 4.59. The molecule has 2 unspecified atom stereocenters. The Morgan fingerprint density at radius 1 is 1.50 bits per heavy atom. The van der Waals surface area contributed by atoms with Crippen molar-refractivity contribution in [2.45, 2.75) is 12.5 Å². The van der Waals surface area contributed by atoms with Crippen molar-refractivity contribution in [3.8, 4) is 5.75 Å². The fourth-order valence-corrected chi connectivity index (χ4v) is 2.13. The van der Waals surface area contributed by atoms with Crippen molar-refractivity contribution in [2.24, 2.45) is 5.92 Å². The Labute approximate surface area is 120 Å². The van der Waals surface area contributed by atoms with E-state index in [1.54, 1.807) is 12.4 Å². The van der Waals surface area contributed by atoms with Crippen LogP contribution in [0.4, 0.5) is 4.39 Å². The molecule has 1 aromatic rings. The number of hydrogen-bond acceptors (Lipinski definition) is 3. The van der Waals surface area contributed by atoms with E-state index in [1.165, 1.54) is 0 Å². The minimum atomic E-state index is -0.228. The number of rotatable bonds is 4. The summed E-state index contributed by atoms with van der Waals surface area (Å²) in [5.41, 5.74) is 0. The highest BCUT2D eigenvalue weighted by Gasteiger charge is 2.29. The second kappa shape index (κ2) is 8.51. The largest absolute Gasteiger partial charge is 0.490 e. The first kappa shape index (κ1) is 17.4. The van der Waals surface area contributed by atoms with E-state index >= 15 is 0 Å². The molecule has 0 aromatic carbocycles. The number of alkyl halides is 1. The zero-order chi connectivity index (χ0) is 11.4. The van der Waals surface area contributed by atoms with Gasteiger partial charge in [-0.3, -0.25) is 14.3 Å². The summed E-state index contributed by atoms with van der Waals surface area (Å²) >= 11 is 0. The zero-order valence-electron chi connectivity index (χ0n) is 10.3. The predicted molar refractivity (Wildman–Crippen MR) is 74.7 cm³/mol. The van der Waals surface area contributed by atoms with Crippen molar-refractivity contribution in [1.82, 2.24) is 9.88 Å². The fourth-order valence-electron chi connectivity index (χ4n) is 2.13. The molecule has 1 saturated heterocycles. The minimum Gasteiger partial charge on any atom is -0.490 e. The van der Waals surface area contributed by atoms with Crippen LogP contribution in [0.3, 0.4) is 0 Å². The van der Waals surface area contributed by atoms with Crippen molar-refractivity contribution in [3.63, 3.8) is 0 Å². The van der Waals surface area contributed by atoms with Crippen LogP contribution in [0.15, 0.2) is 24.5 Å². The van der Waals surface area contributed by atoms with E-state index in [1.807, 2.05) is 19.2 Å².